The van der Waals surface area contributed by atoms with Gasteiger partial charge >= 0.3 is 5.97 Å². The van der Waals surface area contributed by atoms with Crippen LogP contribution in [0.15, 0.2) is 48.7 Å². The number of nitrogens with zero attached hydrogens (tertiary/aromatic N) is 4. The average molecular weight is 350 g/mol. The van der Waals surface area contributed by atoms with Crippen LogP contribution in [-0.4, -0.2) is 33.2 Å². The van der Waals surface area contributed by atoms with Crippen molar-refractivity contribution in [1.82, 2.24) is 15.0 Å². The number of nitriles is 1. The summed E-state index contributed by atoms with van der Waals surface area (Å²) in [5.41, 5.74) is 1.58. The monoisotopic (exact) mass is 350 g/mol. The lowest BCUT2D eigenvalue weighted by atomic mass is 10.2. The summed E-state index contributed by atoms with van der Waals surface area (Å²) >= 11 is 0. The molecule has 8 nitrogen and oxygen atoms in total. The molecule has 0 unspecified atom stereocenters. The molecule has 0 bridgehead atoms. The van der Waals surface area contributed by atoms with Gasteiger partial charge in [-0.25, -0.2) is 9.48 Å². The first-order valence-corrected chi connectivity index (χ1v) is 7.56. The second-order valence-electron chi connectivity index (χ2n) is 5.28. The predicted molar refractivity (Wildman–Crippen MR) is 90.4 cm³/mol. The Morgan fingerprint density at radius 3 is 2.65 bits per heavy atom. The van der Waals surface area contributed by atoms with Gasteiger partial charge in [-0.1, -0.05) is 17.3 Å². The Morgan fingerprint density at radius 2 is 2.04 bits per heavy atom. The number of carboxylic acid groups (broad SMARTS) is 1. The Labute approximate surface area is 148 Å². The molecule has 8 heteroatoms. The first-order chi connectivity index (χ1) is 12.6. The minimum atomic E-state index is -1.17. The zero-order valence-corrected chi connectivity index (χ0v) is 13.8. The second-order valence-corrected chi connectivity index (χ2v) is 5.28. The second kappa shape index (κ2) is 7.36. The summed E-state index contributed by atoms with van der Waals surface area (Å²) in [7, 11) is 1.60. The highest BCUT2D eigenvalue weighted by Gasteiger charge is 2.11. The molecular weight excluding hydrogens is 336 g/mol. The van der Waals surface area contributed by atoms with Crippen LogP contribution < -0.4 is 9.47 Å². The fourth-order valence-corrected chi connectivity index (χ4v) is 2.24. The number of carbonyl (C=O) groups is 1. The molecule has 3 rings (SSSR count). The van der Waals surface area contributed by atoms with Gasteiger partial charge in [0.1, 0.15) is 24.2 Å². The number of rotatable bonds is 6. The molecule has 1 N–H and O–H groups in total. The van der Waals surface area contributed by atoms with E-state index in [0.717, 1.165) is 11.3 Å². The van der Waals surface area contributed by atoms with Gasteiger partial charge in [-0.05, 0) is 35.9 Å². The normalized spacial score (nSPS) is 10.2. The lowest BCUT2D eigenvalue weighted by Crippen LogP contribution is -2.00. The van der Waals surface area contributed by atoms with Crippen LogP contribution in [0.4, 0.5) is 0 Å². The fraction of sp³-hybridized carbons (Fsp3) is 0.111. The number of carboxylic acids is 1. The highest BCUT2D eigenvalue weighted by molar-refractivity contribution is 5.84. The zero-order chi connectivity index (χ0) is 18.5. The smallest absolute Gasteiger partial charge is 0.358 e. The van der Waals surface area contributed by atoms with Gasteiger partial charge < -0.3 is 14.6 Å². The van der Waals surface area contributed by atoms with Crippen LogP contribution in [0.5, 0.6) is 11.5 Å². The standard InChI is InChI=1S/C18H14N4O4/c1-25-15-5-2-12(3-6-15)11-26-17-7-4-14(8-13(17)9-19)22-10-16(18(23)24)20-21-22/h2-8,10H,11H2,1H3,(H,23,24). The molecule has 0 amide bonds. The highest BCUT2D eigenvalue weighted by atomic mass is 16.5. The third kappa shape index (κ3) is 3.62. The van der Waals surface area contributed by atoms with E-state index < -0.39 is 5.97 Å². The van der Waals surface area contributed by atoms with Crippen molar-refractivity contribution in [3.05, 3.63) is 65.5 Å². The minimum Gasteiger partial charge on any atom is -0.497 e. The summed E-state index contributed by atoms with van der Waals surface area (Å²) in [6, 6.07) is 14.4. The van der Waals surface area contributed by atoms with E-state index in [2.05, 4.69) is 16.4 Å². The van der Waals surface area contributed by atoms with E-state index >= 15 is 0 Å². The van der Waals surface area contributed by atoms with E-state index in [0.29, 0.717) is 23.6 Å². The van der Waals surface area contributed by atoms with E-state index in [1.54, 1.807) is 25.3 Å². The molecule has 2 aromatic carbocycles. The van der Waals surface area contributed by atoms with Crippen molar-refractivity contribution in [3.8, 4) is 23.3 Å². The SMILES string of the molecule is COc1ccc(COc2ccc(-n3cc(C(=O)O)nn3)cc2C#N)cc1. The van der Waals surface area contributed by atoms with Crippen molar-refractivity contribution < 1.29 is 19.4 Å². The molecule has 0 aliphatic carbocycles. The summed E-state index contributed by atoms with van der Waals surface area (Å²) in [4.78, 5) is 10.9. The molecule has 1 aromatic heterocycles. The zero-order valence-electron chi connectivity index (χ0n) is 13.8. The Bertz CT molecular complexity index is 974. The van der Waals surface area contributed by atoms with Crippen LogP contribution in [0, 0.1) is 11.3 Å². The van der Waals surface area contributed by atoms with Gasteiger partial charge in [-0.15, -0.1) is 5.10 Å². The molecule has 0 saturated carbocycles. The molecule has 0 saturated heterocycles. The molecule has 1 heterocycles. The van der Waals surface area contributed by atoms with Gasteiger partial charge in [0.2, 0.25) is 0 Å². The summed E-state index contributed by atoms with van der Waals surface area (Å²) in [6.07, 6.45) is 1.27. The number of hydrogen-bond acceptors (Lipinski definition) is 6. The van der Waals surface area contributed by atoms with Gasteiger partial charge in [0.05, 0.1) is 24.6 Å². The summed E-state index contributed by atoms with van der Waals surface area (Å²) in [5.74, 6) is 0.00576. The fourth-order valence-electron chi connectivity index (χ4n) is 2.24. The maximum atomic E-state index is 10.9. The van der Waals surface area contributed by atoms with Gasteiger partial charge in [0.15, 0.2) is 5.69 Å². The van der Waals surface area contributed by atoms with Crippen LogP contribution in [-0.2, 0) is 6.61 Å². The third-order valence-electron chi connectivity index (χ3n) is 3.61. The van der Waals surface area contributed by atoms with E-state index in [-0.39, 0.29) is 5.69 Å². The number of aromatic nitrogens is 3. The lowest BCUT2D eigenvalue weighted by molar-refractivity contribution is 0.0690. The number of aromatic carboxylic acids is 1. The Hall–Kier alpha value is -3.86. The van der Waals surface area contributed by atoms with Gasteiger partial charge in [-0.3, -0.25) is 0 Å². The van der Waals surface area contributed by atoms with Gasteiger partial charge in [0, 0.05) is 0 Å². The Balaban J connectivity index is 1.77. The number of ether oxygens (including phenoxy) is 2. The van der Waals surface area contributed by atoms with Crippen molar-refractivity contribution in [2.24, 2.45) is 0 Å². The Kier molecular flexibility index (Phi) is 4.80. The Morgan fingerprint density at radius 1 is 1.27 bits per heavy atom. The van der Waals surface area contributed by atoms with E-state index in [1.807, 2.05) is 24.3 Å². The summed E-state index contributed by atoms with van der Waals surface area (Å²) < 4.78 is 12.1. The molecule has 130 valence electrons. The molecule has 0 aliphatic rings. The summed E-state index contributed by atoms with van der Waals surface area (Å²) in [5, 5.41) is 25.6. The molecule has 0 fully saturated rings. The van der Waals surface area contributed by atoms with Crippen LogP contribution in [0.2, 0.25) is 0 Å². The number of hydrogen-bond donors (Lipinski definition) is 1. The quantitative estimate of drug-likeness (QED) is 0.727. The lowest BCUT2D eigenvalue weighted by Gasteiger charge is -2.10. The van der Waals surface area contributed by atoms with Crippen molar-refractivity contribution >= 4 is 5.97 Å². The van der Waals surface area contributed by atoms with Crippen molar-refractivity contribution in [1.29, 1.82) is 5.26 Å². The predicted octanol–water partition coefficient (Wildman–Crippen LogP) is 2.42. The first-order valence-electron chi connectivity index (χ1n) is 7.56. The largest absolute Gasteiger partial charge is 0.497 e. The number of methoxy groups -OCH3 is 1. The molecule has 26 heavy (non-hydrogen) atoms. The van der Waals surface area contributed by atoms with Gasteiger partial charge in [-0.2, -0.15) is 5.26 Å². The van der Waals surface area contributed by atoms with Crippen LogP contribution in [0.1, 0.15) is 21.6 Å². The molecular formula is C18H14N4O4. The van der Waals surface area contributed by atoms with Crippen molar-refractivity contribution in [3.63, 3.8) is 0 Å². The third-order valence-corrected chi connectivity index (χ3v) is 3.61. The molecule has 0 radical (unpaired) electrons. The van der Waals surface area contributed by atoms with Crippen LogP contribution in [0.25, 0.3) is 5.69 Å². The number of benzene rings is 2. The minimum absolute atomic E-state index is 0.177. The average Bonchev–Trinajstić information content (AvgIpc) is 3.17. The van der Waals surface area contributed by atoms with Crippen LogP contribution in [0.3, 0.4) is 0 Å². The van der Waals surface area contributed by atoms with E-state index in [4.69, 9.17) is 14.6 Å². The van der Waals surface area contributed by atoms with Gasteiger partial charge in [0.25, 0.3) is 0 Å². The van der Waals surface area contributed by atoms with Crippen molar-refractivity contribution in [2.75, 3.05) is 7.11 Å². The molecule has 0 aliphatic heterocycles. The van der Waals surface area contributed by atoms with Crippen molar-refractivity contribution in [2.45, 2.75) is 6.61 Å². The molecule has 3 aromatic rings. The maximum Gasteiger partial charge on any atom is 0.358 e. The molecule has 0 spiro atoms. The van der Waals surface area contributed by atoms with E-state index in [1.165, 1.54) is 10.9 Å². The molecule has 0 atom stereocenters. The highest BCUT2D eigenvalue weighted by Crippen LogP contribution is 2.23. The van der Waals surface area contributed by atoms with Crippen LogP contribution >= 0.6 is 0 Å². The topological polar surface area (TPSA) is 110 Å². The van der Waals surface area contributed by atoms with E-state index in [9.17, 15) is 10.1 Å². The summed E-state index contributed by atoms with van der Waals surface area (Å²) in [6.45, 7) is 0.296. The maximum absolute atomic E-state index is 10.9. The first kappa shape index (κ1) is 17.0.